The van der Waals surface area contributed by atoms with Gasteiger partial charge in [0.2, 0.25) is 5.91 Å². The number of amides is 1. The Morgan fingerprint density at radius 3 is 2.84 bits per heavy atom. The number of ether oxygens (including phenoxy) is 1. The van der Waals surface area contributed by atoms with Gasteiger partial charge in [-0.05, 0) is 25.0 Å². The highest BCUT2D eigenvalue weighted by molar-refractivity contribution is 6.33. The number of aromatic nitrogens is 4. The summed E-state index contributed by atoms with van der Waals surface area (Å²) in [5.41, 5.74) is 4.86. The maximum atomic E-state index is 11.6. The van der Waals surface area contributed by atoms with Gasteiger partial charge in [-0.2, -0.15) is 10.2 Å². The Balaban J connectivity index is 1.67. The molecule has 1 unspecified atom stereocenters. The van der Waals surface area contributed by atoms with E-state index in [0.717, 1.165) is 59.8 Å². The summed E-state index contributed by atoms with van der Waals surface area (Å²) in [6, 6.07) is 6.06. The molecule has 1 saturated heterocycles. The lowest BCUT2D eigenvalue weighted by atomic mass is 10.1. The van der Waals surface area contributed by atoms with Crippen LogP contribution in [0.4, 0.5) is 11.5 Å². The highest BCUT2D eigenvalue weighted by Crippen LogP contribution is 2.33. The predicted octanol–water partition coefficient (Wildman–Crippen LogP) is 4.23. The van der Waals surface area contributed by atoms with E-state index in [2.05, 4.69) is 27.3 Å². The number of hydrogen-bond acceptors (Lipinski definition) is 5. The molecule has 9 heteroatoms. The predicted molar refractivity (Wildman–Crippen MR) is 125 cm³/mol. The molecule has 1 fully saturated rings. The minimum atomic E-state index is -0.0702. The summed E-state index contributed by atoms with van der Waals surface area (Å²) in [5, 5.41) is 16.1. The molecule has 1 atom stereocenters. The number of rotatable bonds is 8. The highest BCUT2D eigenvalue weighted by Gasteiger charge is 2.26. The molecule has 8 nitrogen and oxygen atoms in total. The van der Waals surface area contributed by atoms with Gasteiger partial charge in [0.1, 0.15) is 0 Å². The Hall–Kier alpha value is -2.84. The molecule has 0 saturated carbocycles. The smallest absolute Gasteiger partial charge is 0.217 e. The topological polar surface area (TPSA) is 86.0 Å². The molecular formula is C23H29ClN6O2. The summed E-state index contributed by atoms with van der Waals surface area (Å²) < 4.78 is 9.44. The number of benzene rings is 1. The van der Waals surface area contributed by atoms with E-state index >= 15 is 0 Å². The van der Waals surface area contributed by atoms with Crippen LogP contribution in [0.5, 0.6) is 0 Å². The average Bonchev–Trinajstić information content (AvgIpc) is 3.48. The van der Waals surface area contributed by atoms with Crippen molar-refractivity contribution in [2.45, 2.75) is 45.7 Å². The zero-order valence-electron chi connectivity index (χ0n) is 18.7. The van der Waals surface area contributed by atoms with Gasteiger partial charge in [0.15, 0.2) is 5.82 Å². The van der Waals surface area contributed by atoms with Crippen molar-refractivity contribution < 1.29 is 9.53 Å². The standard InChI is InChI=1S/C23H29ClN6O2/c1-4-5-22-20(12-25-15(2)31)23(28-30(22)18-8-9-32-14-18)27-17-6-7-19(21(24)10-17)16-11-26-29(3)13-16/h6-7,10-11,13,18H,4-5,8-9,12,14H2,1-3H3,(H,25,31)(H,27,28). The van der Waals surface area contributed by atoms with Crippen LogP contribution in [0.15, 0.2) is 30.6 Å². The normalized spacial score (nSPS) is 15.8. The lowest BCUT2D eigenvalue weighted by Gasteiger charge is -2.13. The van der Waals surface area contributed by atoms with Gasteiger partial charge in [-0.25, -0.2) is 0 Å². The molecule has 3 aromatic rings. The van der Waals surface area contributed by atoms with Crippen molar-refractivity contribution in [1.29, 1.82) is 0 Å². The summed E-state index contributed by atoms with van der Waals surface area (Å²) in [5.74, 6) is 0.665. The van der Waals surface area contributed by atoms with Gasteiger partial charge in [-0.1, -0.05) is 31.0 Å². The second kappa shape index (κ2) is 9.75. The molecule has 0 bridgehead atoms. The minimum absolute atomic E-state index is 0.0702. The molecule has 0 radical (unpaired) electrons. The molecule has 1 amide bonds. The van der Waals surface area contributed by atoms with Crippen molar-refractivity contribution in [3.63, 3.8) is 0 Å². The van der Waals surface area contributed by atoms with Crippen LogP contribution < -0.4 is 10.6 Å². The fourth-order valence-corrected chi connectivity index (χ4v) is 4.34. The summed E-state index contributed by atoms with van der Waals surface area (Å²) in [6.45, 7) is 5.49. The highest BCUT2D eigenvalue weighted by atomic mass is 35.5. The van der Waals surface area contributed by atoms with Crippen LogP contribution >= 0.6 is 11.6 Å². The van der Waals surface area contributed by atoms with Crippen molar-refractivity contribution in [3.05, 3.63) is 46.9 Å². The Bertz CT molecular complexity index is 1100. The van der Waals surface area contributed by atoms with E-state index in [0.29, 0.717) is 18.2 Å². The quantitative estimate of drug-likeness (QED) is 0.529. The van der Waals surface area contributed by atoms with Gasteiger partial charge in [-0.15, -0.1) is 0 Å². The molecule has 2 aromatic heterocycles. The van der Waals surface area contributed by atoms with Crippen LogP contribution in [-0.4, -0.2) is 38.7 Å². The first-order chi connectivity index (χ1) is 15.5. The first-order valence-corrected chi connectivity index (χ1v) is 11.3. The van der Waals surface area contributed by atoms with Gasteiger partial charge >= 0.3 is 0 Å². The first kappa shape index (κ1) is 22.4. The molecule has 1 aromatic carbocycles. The third kappa shape index (κ3) is 4.81. The largest absolute Gasteiger partial charge is 0.379 e. The zero-order valence-corrected chi connectivity index (χ0v) is 19.4. The third-order valence-corrected chi connectivity index (χ3v) is 5.93. The van der Waals surface area contributed by atoms with Gasteiger partial charge in [0.05, 0.1) is 23.9 Å². The first-order valence-electron chi connectivity index (χ1n) is 10.9. The third-order valence-electron chi connectivity index (χ3n) is 5.62. The van der Waals surface area contributed by atoms with Crippen molar-refractivity contribution in [2.24, 2.45) is 7.05 Å². The van der Waals surface area contributed by atoms with Crippen molar-refractivity contribution in [2.75, 3.05) is 18.5 Å². The fraction of sp³-hybridized carbons (Fsp3) is 0.435. The van der Waals surface area contributed by atoms with Crippen LogP contribution in [0.1, 0.15) is 44.0 Å². The van der Waals surface area contributed by atoms with Crippen molar-refractivity contribution in [1.82, 2.24) is 24.9 Å². The van der Waals surface area contributed by atoms with Crippen molar-refractivity contribution in [3.8, 4) is 11.1 Å². The van der Waals surface area contributed by atoms with Crippen LogP contribution in [0, 0.1) is 0 Å². The molecule has 3 heterocycles. The van der Waals surface area contributed by atoms with Crippen LogP contribution in [0.3, 0.4) is 0 Å². The van der Waals surface area contributed by atoms with Gasteiger partial charge in [0.25, 0.3) is 0 Å². The number of halogens is 1. The molecule has 0 aliphatic carbocycles. The fourth-order valence-electron chi connectivity index (χ4n) is 4.05. The van der Waals surface area contributed by atoms with E-state index < -0.39 is 0 Å². The maximum Gasteiger partial charge on any atom is 0.217 e. The van der Waals surface area contributed by atoms with Crippen LogP contribution in [-0.2, 0) is 29.5 Å². The monoisotopic (exact) mass is 456 g/mol. The van der Waals surface area contributed by atoms with E-state index in [1.807, 2.05) is 31.4 Å². The second-order valence-electron chi connectivity index (χ2n) is 8.12. The van der Waals surface area contributed by atoms with Crippen LogP contribution in [0.25, 0.3) is 11.1 Å². The Morgan fingerprint density at radius 1 is 1.38 bits per heavy atom. The molecule has 1 aliphatic heterocycles. The number of aryl methyl sites for hydroxylation is 1. The number of carbonyl (C=O) groups excluding carboxylic acids is 1. The van der Waals surface area contributed by atoms with Gasteiger partial charge in [0, 0.05) is 61.4 Å². The summed E-state index contributed by atoms with van der Waals surface area (Å²) in [6.07, 6.45) is 6.52. The molecule has 170 valence electrons. The van der Waals surface area contributed by atoms with Crippen molar-refractivity contribution >= 4 is 29.0 Å². The lowest BCUT2D eigenvalue weighted by molar-refractivity contribution is -0.119. The molecule has 1 aliphatic rings. The second-order valence-corrected chi connectivity index (χ2v) is 8.53. The Kier molecular flexibility index (Phi) is 6.81. The number of carbonyl (C=O) groups is 1. The molecule has 4 rings (SSSR count). The number of nitrogens with zero attached hydrogens (tertiary/aromatic N) is 4. The minimum Gasteiger partial charge on any atom is -0.379 e. The summed E-state index contributed by atoms with van der Waals surface area (Å²) in [4.78, 5) is 11.6. The maximum absolute atomic E-state index is 11.6. The van der Waals surface area contributed by atoms with E-state index in [1.165, 1.54) is 6.92 Å². The van der Waals surface area contributed by atoms with Gasteiger partial charge < -0.3 is 15.4 Å². The van der Waals surface area contributed by atoms with E-state index in [9.17, 15) is 4.79 Å². The lowest BCUT2D eigenvalue weighted by Crippen LogP contribution is -2.21. The average molecular weight is 457 g/mol. The van der Waals surface area contributed by atoms with E-state index in [-0.39, 0.29) is 11.9 Å². The summed E-state index contributed by atoms with van der Waals surface area (Å²) in [7, 11) is 1.88. The molecule has 2 N–H and O–H groups in total. The molecule has 0 spiro atoms. The van der Waals surface area contributed by atoms with E-state index in [1.54, 1.807) is 10.9 Å². The summed E-state index contributed by atoms with van der Waals surface area (Å²) >= 11 is 6.60. The van der Waals surface area contributed by atoms with E-state index in [4.69, 9.17) is 21.4 Å². The number of anilines is 2. The SMILES string of the molecule is CCCc1c(CNC(C)=O)c(Nc2ccc(-c3cnn(C)c3)c(Cl)c2)nn1C1CCOC1. The van der Waals surface area contributed by atoms with Crippen LogP contribution in [0.2, 0.25) is 5.02 Å². The molecule has 32 heavy (non-hydrogen) atoms. The van der Waals surface area contributed by atoms with Gasteiger partial charge in [-0.3, -0.25) is 14.2 Å². The Morgan fingerprint density at radius 2 is 2.22 bits per heavy atom. The molecular weight excluding hydrogens is 428 g/mol. The number of hydrogen-bond donors (Lipinski definition) is 2. The number of nitrogens with one attached hydrogen (secondary N) is 2. The Labute approximate surface area is 192 Å². The zero-order chi connectivity index (χ0) is 22.7.